The molecule has 1 saturated carbocycles. The van der Waals surface area contributed by atoms with Gasteiger partial charge in [-0.3, -0.25) is 4.90 Å². The highest BCUT2D eigenvalue weighted by molar-refractivity contribution is 5.88. The van der Waals surface area contributed by atoms with Crippen LogP contribution in [0.15, 0.2) is 42.6 Å². The molecule has 0 radical (unpaired) electrons. The van der Waals surface area contributed by atoms with Gasteiger partial charge in [0.15, 0.2) is 0 Å². The van der Waals surface area contributed by atoms with Gasteiger partial charge >= 0.3 is 5.97 Å². The van der Waals surface area contributed by atoms with Crippen molar-refractivity contribution in [1.29, 1.82) is 0 Å². The first-order chi connectivity index (χ1) is 14.5. The molecule has 0 amide bonds. The lowest BCUT2D eigenvalue weighted by atomic mass is 9.67. The molecule has 1 saturated heterocycles. The molecule has 1 aliphatic heterocycles. The standard InChI is InChI=1S/C25H28N2O3/c1-16-13-21(30-2)20(19-9-12-26-22(16)19)14-27-15-25(10-3-4-11-25)23(27)17-5-7-18(8-6-17)24(28)29/h5-9,12-13,23,26H,3-4,10-11,14-15H2,1-2H3,(H,28,29)/t23-/m0/s1. The number of ether oxygens (including phenoxy) is 1. The number of carboxylic acids is 1. The maximum atomic E-state index is 11.3. The van der Waals surface area contributed by atoms with E-state index in [-0.39, 0.29) is 0 Å². The van der Waals surface area contributed by atoms with Crippen molar-refractivity contribution >= 4 is 16.9 Å². The number of aromatic amines is 1. The van der Waals surface area contributed by atoms with Crippen molar-refractivity contribution in [2.75, 3.05) is 13.7 Å². The van der Waals surface area contributed by atoms with Crippen molar-refractivity contribution in [3.63, 3.8) is 0 Å². The van der Waals surface area contributed by atoms with Crippen LogP contribution in [0, 0.1) is 12.3 Å². The molecule has 1 atom stereocenters. The predicted octanol–water partition coefficient (Wildman–Crippen LogP) is 5.30. The van der Waals surface area contributed by atoms with E-state index in [0.717, 1.165) is 18.8 Å². The Balaban J connectivity index is 1.51. The molecule has 1 aromatic heterocycles. The Hall–Kier alpha value is -2.79. The quantitative estimate of drug-likeness (QED) is 0.606. The minimum Gasteiger partial charge on any atom is -0.496 e. The molecule has 2 aliphatic rings. The molecule has 0 unspecified atom stereocenters. The molecule has 2 aromatic carbocycles. The van der Waals surface area contributed by atoms with E-state index in [4.69, 9.17) is 4.74 Å². The number of methoxy groups -OCH3 is 1. The van der Waals surface area contributed by atoms with Crippen molar-refractivity contribution < 1.29 is 14.6 Å². The molecule has 5 heteroatoms. The third-order valence-electron chi connectivity index (χ3n) is 7.23. The van der Waals surface area contributed by atoms with E-state index >= 15 is 0 Å². The van der Waals surface area contributed by atoms with E-state index in [1.807, 2.05) is 18.3 Å². The van der Waals surface area contributed by atoms with Crippen LogP contribution in [-0.4, -0.2) is 34.6 Å². The largest absolute Gasteiger partial charge is 0.496 e. The summed E-state index contributed by atoms with van der Waals surface area (Å²) in [5, 5.41) is 10.5. The Bertz CT molecular complexity index is 1090. The van der Waals surface area contributed by atoms with Crippen molar-refractivity contribution in [1.82, 2.24) is 9.88 Å². The number of rotatable bonds is 5. The number of fused-ring (bicyclic) bond motifs is 1. The molecule has 2 N–H and O–H groups in total. The zero-order valence-corrected chi connectivity index (χ0v) is 17.6. The molecule has 2 heterocycles. The fourth-order valence-electron chi connectivity index (χ4n) is 5.87. The summed E-state index contributed by atoms with van der Waals surface area (Å²) in [6, 6.07) is 12.1. The van der Waals surface area contributed by atoms with E-state index < -0.39 is 5.97 Å². The lowest BCUT2D eigenvalue weighted by Gasteiger charge is -2.57. The maximum Gasteiger partial charge on any atom is 0.335 e. The molecule has 2 fully saturated rings. The van der Waals surface area contributed by atoms with Gasteiger partial charge in [0, 0.05) is 47.2 Å². The van der Waals surface area contributed by atoms with Gasteiger partial charge in [-0.15, -0.1) is 0 Å². The zero-order valence-electron chi connectivity index (χ0n) is 17.6. The van der Waals surface area contributed by atoms with Crippen molar-refractivity contribution in [3.05, 3.63) is 64.8 Å². The number of nitrogens with zero attached hydrogens (tertiary/aromatic N) is 1. The van der Waals surface area contributed by atoms with Gasteiger partial charge in [0.05, 0.1) is 12.7 Å². The second kappa shape index (κ2) is 7.17. The fourth-order valence-corrected chi connectivity index (χ4v) is 5.87. The van der Waals surface area contributed by atoms with Gasteiger partial charge in [-0.1, -0.05) is 25.0 Å². The number of carbonyl (C=O) groups is 1. The van der Waals surface area contributed by atoms with Crippen LogP contribution in [-0.2, 0) is 6.54 Å². The predicted molar refractivity (Wildman–Crippen MR) is 117 cm³/mol. The number of H-pyrrole nitrogens is 1. The number of carboxylic acid groups (broad SMARTS) is 1. The van der Waals surface area contributed by atoms with Crippen LogP contribution < -0.4 is 4.74 Å². The normalized spacial score (nSPS) is 20.5. The van der Waals surface area contributed by atoms with Gasteiger partial charge in [-0.05, 0) is 55.2 Å². The number of benzene rings is 2. The highest BCUT2D eigenvalue weighted by Gasteiger charge is 2.54. The Morgan fingerprint density at radius 1 is 1.23 bits per heavy atom. The fraction of sp³-hybridized carbons (Fsp3) is 0.400. The third kappa shape index (κ3) is 2.91. The van der Waals surface area contributed by atoms with Gasteiger partial charge in [0.25, 0.3) is 0 Å². The minimum absolute atomic E-state index is 0.319. The first-order valence-corrected chi connectivity index (χ1v) is 10.7. The van der Waals surface area contributed by atoms with Crippen LogP contribution in [0.25, 0.3) is 10.9 Å². The number of hydrogen-bond acceptors (Lipinski definition) is 3. The summed E-state index contributed by atoms with van der Waals surface area (Å²) in [7, 11) is 1.74. The van der Waals surface area contributed by atoms with Crippen LogP contribution in [0.1, 0.15) is 58.8 Å². The van der Waals surface area contributed by atoms with Crippen LogP contribution in [0.2, 0.25) is 0 Å². The molecule has 3 aromatic rings. The molecule has 1 spiro atoms. The summed E-state index contributed by atoms with van der Waals surface area (Å²) in [5.41, 5.74) is 5.47. The number of hydrogen-bond donors (Lipinski definition) is 2. The van der Waals surface area contributed by atoms with E-state index in [0.29, 0.717) is 17.0 Å². The Labute approximate surface area is 176 Å². The Morgan fingerprint density at radius 2 is 1.97 bits per heavy atom. The van der Waals surface area contributed by atoms with Crippen LogP contribution in [0.5, 0.6) is 5.75 Å². The van der Waals surface area contributed by atoms with Crippen molar-refractivity contribution in [3.8, 4) is 5.75 Å². The molecule has 156 valence electrons. The number of nitrogens with one attached hydrogen (secondary N) is 1. The molecule has 1 aliphatic carbocycles. The molecule has 5 nitrogen and oxygen atoms in total. The highest BCUT2D eigenvalue weighted by atomic mass is 16.5. The van der Waals surface area contributed by atoms with Crippen LogP contribution >= 0.6 is 0 Å². The topological polar surface area (TPSA) is 65.6 Å². The summed E-state index contributed by atoms with van der Waals surface area (Å²) >= 11 is 0. The van der Waals surface area contributed by atoms with Gasteiger partial charge in [-0.2, -0.15) is 0 Å². The smallest absolute Gasteiger partial charge is 0.335 e. The lowest BCUT2D eigenvalue weighted by Crippen LogP contribution is -2.56. The average Bonchev–Trinajstić information content (AvgIpc) is 3.40. The van der Waals surface area contributed by atoms with E-state index in [9.17, 15) is 9.90 Å². The maximum absolute atomic E-state index is 11.3. The molecule has 0 bridgehead atoms. The van der Waals surface area contributed by atoms with Gasteiger partial charge in [0.2, 0.25) is 0 Å². The van der Waals surface area contributed by atoms with E-state index in [1.54, 1.807) is 19.2 Å². The highest BCUT2D eigenvalue weighted by Crippen LogP contribution is 2.58. The van der Waals surface area contributed by atoms with Gasteiger partial charge in [-0.25, -0.2) is 4.79 Å². The SMILES string of the molecule is COc1cc(C)c2[nH]ccc2c1CN1CC2(CCCC2)[C@@H]1c1ccc(C(=O)O)cc1. The summed E-state index contributed by atoms with van der Waals surface area (Å²) in [6.07, 6.45) is 7.07. The monoisotopic (exact) mass is 404 g/mol. The number of aromatic nitrogens is 1. The number of likely N-dealkylation sites (tertiary alicyclic amines) is 1. The zero-order chi connectivity index (χ0) is 20.9. The molecule has 5 rings (SSSR count). The van der Waals surface area contributed by atoms with Crippen LogP contribution in [0.3, 0.4) is 0 Å². The summed E-state index contributed by atoms with van der Waals surface area (Å²) < 4.78 is 5.77. The first kappa shape index (κ1) is 19.2. The van der Waals surface area contributed by atoms with Crippen molar-refractivity contribution in [2.45, 2.75) is 45.2 Å². The molecule has 30 heavy (non-hydrogen) atoms. The van der Waals surface area contributed by atoms with Gasteiger partial charge < -0.3 is 14.8 Å². The molecular formula is C25H28N2O3. The lowest BCUT2D eigenvalue weighted by molar-refractivity contribution is -0.0799. The second-order valence-electron chi connectivity index (χ2n) is 8.94. The Kier molecular flexibility index (Phi) is 4.58. The summed E-state index contributed by atoms with van der Waals surface area (Å²) in [6.45, 7) is 4.02. The second-order valence-corrected chi connectivity index (χ2v) is 8.94. The number of aryl methyl sites for hydroxylation is 1. The number of aromatic carboxylic acids is 1. The van der Waals surface area contributed by atoms with Crippen LogP contribution in [0.4, 0.5) is 0 Å². The third-order valence-corrected chi connectivity index (χ3v) is 7.23. The van der Waals surface area contributed by atoms with Gasteiger partial charge in [0.1, 0.15) is 5.75 Å². The summed E-state index contributed by atoms with van der Waals surface area (Å²) in [4.78, 5) is 17.2. The van der Waals surface area contributed by atoms with Crippen molar-refractivity contribution in [2.24, 2.45) is 5.41 Å². The molecular weight excluding hydrogens is 376 g/mol. The average molecular weight is 405 g/mol. The van der Waals surface area contributed by atoms with E-state index in [1.165, 1.54) is 53.3 Å². The first-order valence-electron chi connectivity index (χ1n) is 10.7. The minimum atomic E-state index is -0.873. The van der Waals surface area contributed by atoms with E-state index in [2.05, 4.69) is 28.9 Å². The summed E-state index contributed by atoms with van der Waals surface area (Å²) in [5.74, 6) is 0.0637. The Morgan fingerprint density at radius 3 is 2.63 bits per heavy atom.